The van der Waals surface area contributed by atoms with Crippen LogP contribution in [0.2, 0.25) is 5.15 Å². The van der Waals surface area contributed by atoms with Crippen LogP contribution in [0.25, 0.3) is 99.1 Å². The molecule has 28 heteroatoms. The Bertz CT molecular complexity index is 8080. The zero-order valence-electron chi connectivity index (χ0n) is 74.5. The van der Waals surface area contributed by atoms with E-state index in [0.29, 0.717) is 99.1 Å². The van der Waals surface area contributed by atoms with Gasteiger partial charge in [0.25, 0.3) is 29.5 Å². The fourth-order valence-electron chi connectivity index (χ4n) is 18.0. The van der Waals surface area contributed by atoms with Crippen molar-refractivity contribution in [3.8, 4) is 55.6 Å². The molecule has 0 N–H and O–H groups in total. The number of para-hydroxylation sites is 1. The number of aryl methyl sites for hydroxylation is 3. The maximum Gasteiger partial charge on any atom is 0.256 e. The Morgan fingerprint density at radius 1 is 0.290 bits per heavy atom. The van der Waals surface area contributed by atoms with Crippen LogP contribution < -0.4 is 0 Å². The predicted molar refractivity (Wildman–Crippen MR) is 515 cm³/mol. The van der Waals surface area contributed by atoms with Crippen LogP contribution >= 0.6 is 11.6 Å². The van der Waals surface area contributed by atoms with Gasteiger partial charge in [-0.15, -0.1) is 0 Å². The first kappa shape index (κ1) is 88.8. The Kier molecular flexibility index (Phi) is 24.5. The van der Waals surface area contributed by atoms with E-state index in [4.69, 9.17) is 11.6 Å². The molecule has 0 aliphatic carbocycles. The molecule has 5 aliphatic heterocycles. The van der Waals surface area contributed by atoms with E-state index in [1.54, 1.807) is 180 Å². The van der Waals surface area contributed by atoms with E-state index >= 15 is 4.39 Å². The molecule has 24 rings (SSSR count). The summed E-state index contributed by atoms with van der Waals surface area (Å²) in [6.45, 7) is 4.95. The number of aromatic nitrogens is 12. The number of benzene rings is 9. The summed E-state index contributed by atoms with van der Waals surface area (Å²) in [5.41, 5.74) is 20.7. The van der Waals surface area contributed by atoms with Gasteiger partial charge >= 0.3 is 0 Å². The molecule has 138 heavy (non-hydrogen) atoms. The van der Waals surface area contributed by atoms with Crippen molar-refractivity contribution < 1.29 is 45.9 Å². The van der Waals surface area contributed by atoms with Crippen LogP contribution in [0.5, 0.6) is 0 Å². The minimum Gasteiger partial charge on any atom is -0.328 e. The number of halogens is 6. The Morgan fingerprint density at radius 2 is 0.717 bits per heavy atom. The molecule has 0 saturated carbocycles. The Morgan fingerprint density at radius 3 is 1.25 bits per heavy atom. The van der Waals surface area contributed by atoms with Gasteiger partial charge in [0, 0.05) is 175 Å². The van der Waals surface area contributed by atoms with Gasteiger partial charge in [0.2, 0.25) is 0 Å². The summed E-state index contributed by atoms with van der Waals surface area (Å²) in [4.78, 5) is 104. The van der Waals surface area contributed by atoms with Crippen LogP contribution in [0.4, 0.5) is 22.0 Å². The maximum absolute atomic E-state index is 15.4. The van der Waals surface area contributed by atoms with Gasteiger partial charge in [0.1, 0.15) is 34.2 Å². The summed E-state index contributed by atoms with van der Waals surface area (Å²) >= 11 is 5.94. The number of amides is 5. The summed E-state index contributed by atoms with van der Waals surface area (Å²) in [5, 5.41) is 14.2. The van der Waals surface area contributed by atoms with Gasteiger partial charge in [-0.25, -0.2) is 26.9 Å². The van der Waals surface area contributed by atoms with Crippen LogP contribution in [-0.4, -0.2) is 113 Å². The number of fused-ring (bicyclic) bond motifs is 9. The zero-order valence-corrected chi connectivity index (χ0v) is 75.3. The Hall–Kier alpha value is -17.1. The van der Waals surface area contributed by atoms with Crippen LogP contribution in [-0.2, 0) is 79.5 Å². The quantitative estimate of drug-likeness (QED) is 0.0685. The van der Waals surface area contributed by atoms with E-state index in [9.17, 15) is 41.5 Å². The molecule has 0 saturated heterocycles. The zero-order chi connectivity index (χ0) is 94.9. The Labute approximate surface area is 792 Å². The van der Waals surface area contributed by atoms with E-state index in [2.05, 4.69) is 50.1 Å². The second kappa shape index (κ2) is 38.1. The molecule has 0 atom stereocenters. The summed E-state index contributed by atoms with van der Waals surface area (Å²) in [6.07, 6.45) is 19.1. The monoisotopic (exact) mass is 1850 g/mol. The fourth-order valence-corrected chi connectivity index (χ4v) is 18.1. The van der Waals surface area contributed by atoms with Gasteiger partial charge < -0.3 is 24.5 Å². The Balaban J connectivity index is 0.000000106. The molecule has 0 unspecified atom stereocenters. The molecule has 19 aromatic rings. The minimum atomic E-state index is -0.355. The van der Waals surface area contributed by atoms with Crippen molar-refractivity contribution in [1.82, 2.24) is 83.9 Å². The van der Waals surface area contributed by atoms with Crippen molar-refractivity contribution in [3.63, 3.8) is 0 Å². The van der Waals surface area contributed by atoms with Gasteiger partial charge in [-0.05, 0) is 202 Å². The minimum absolute atomic E-state index is 0.102. The molecule has 0 radical (unpaired) electrons. The number of hydrogen-bond donors (Lipinski definition) is 0. The summed E-state index contributed by atoms with van der Waals surface area (Å²) in [5.74, 6) is -2.16. The third-order valence-electron chi connectivity index (χ3n) is 25.0. The lowest BCUT2D eigenvalue weighted by molar-refractivity contribution is 0.0757. The number of hydrogen-bond acceptors (Lipinski definition) is 15. The van der Waals surface area contributed by atoms with Gasteiger partial charge in [0.15, 0.2) is 0 Å². The van der Waals surface area contributed by atoms with E-state index < -0.39 is 0 Å². The largest absolute Gasteiger partial charge is 0.328 e. The third-order valence-corrected chi connectivity index (χ3v) is 25.4. The molecule has 5 aliphatic rings. The first-order chi connectivity index (χ1) is 67.1. The van der Waals surface area contributed by atoms with Crippen LogP contribution in [0.15, 0.2) is 317 Å². The van der Waals surface area contributed by atoms with E-state index in [1.165, 1.54) is 24.3 Å². The lowest BCUT2D eigenvalue weighted by atomic mass is 9.99. The van der Waals surface area contributed by atoms with Gasteiger partial charge in [-0.1, -0.05) is 121 Å². The fraction of sp³-hybridized carbons (Fsp3) is 0.118. The number of pyridine rings is 8. The lowest BCUT2D eigenvalue weighted by Crippen LogP contribution is -2.23. The van der Waals surface area contributed by atoms with E-state index in [1.807, 2.05) is 167 Å². The summed E-state index contributed by atoms with van der Waals surface area (Å²) in [7, 11) is 3.73. The maximum atomic E-state index is 15.4. The molecular weight excluding hydrogens is 1770 g/mol. The first-order valence-electron chi connectivity index (χ1n) is 44.4. The van der Waals surface area contributed by atoms with Crippen molar-refractivity contribution in [2.45, 2.75) is 72.4 Å². The molecule has 678 valence electrons. The molecule has 5 amide bonds. The number of carbonyl (C=O) groups excluding carboxylic acids is 5. The topological polar surface area (TPSA) is 240 Å². The van der Waals surface area contributed by atoms with Crippen molar-refractivity contribution in [2.75, 3.05) is 0 Å². The van der Waals surface area contributed by atoms with Crippen LogP contribution in [0.3, 0.4) is 0 Å². The second-order valence-corrected chi connectivity index (χ2v) is 34.4. The molecule has 15 heterocycles. The third kappa shape index (κ3) is 18.3. The smallest absolute Gasteiger partial charge is 0.256 e. The number of rotatable bonds is 15. The molecule has 10 aromatic heterocycles. The lowest BCUT2D eigenvalue weighted by Gasteiger charge is -2.17. The van der Waals surface area contributed by atoms with E-state index in [0.717, 1.165) is 128 Å². The SMILES string of the molecule is Cc1cc(-c2ccc(CN3Cc4ncccc4C3=O)c(F)c2)cnc1Cl.Cn1cc2c(-c3cccc(CN4Cc5ncccc5C4=O)c3F)cccc2n1.Cn1cc2cc(-c3ccc(F)c(CN4Cc5ncccc5C4=O)c3)ccc2n1.O=C1c2cccnc2CN1Cc1ccc(-c2ccc3cnccc3c2)cc1F.O=C1c2cccnc2CN1Cc1ccc(-c2ccnc3ccccc23)cc1F. The summed E-state index contributed by atoms with van der Waals surface area (Å²) < 4.78 is 77.7. The molecule has 0 bridgehead atoms. The highest BCUT2D eigenvalue weighted by Gasteiger charge is 2.35. The highest BCUT2D eigenvalue weighted by atomic mass is 35.5. The highest BCUT2D eigenvalue weighted by molar-refractivity contribution is 6.30. The summed E-state index contributed by atoms with van der Waals surface area (Å²) in [6, 6.07) is 74.4. The van der Waals surface area contributed by atoms with Crippen molar-refractivity contribution >= 4 is 84.6 Å². The van der Waals surface area contributed by atoms with Crippen LogP contribution in [0, 0.1) is 36.0 Å². The normalized spacial score (nSPS) is 13.3. The average Bonchev–Trinajstić information content (AvgIpc) is 1.57. The second-order valence-electron chi connectivity index (χ2n) is 34.1. The van der Waals surface area contributed by atoms with E-state index in [-0.39, 0.29) is 91.3 Å². The van der Waals surface area contributed by atoms with Crippen molar-refractivity contribution in [2.24, 2.45) is 14.1 Å². The number of carbonyl (C=O) groups is 5. The molecular formula is C110H81ClF5N17O5. The molecule has 9 aromatic carbocycles. The highest BCUT2D eigenvalue weighted by Crippen LogP contribution is 2.38. The first-order valence-corrected chi connectivity index (χ1v) is 44.7. The van der Waals surface area contributed by atoms with Gasteiger partial charge in [0.05, 0.1) is 106 Å². The van der Waals surface area contributed by atoms with Gasteiger partial charge in [-0.2, -0.15) is 10.2 Å². The van der Waals surface area contributed by atoms with Gasteiger partial charge in [-0.3, -0.25) is 68.2 Å². The average molecular weight is 1850 g/mol. The van der Waals surface area contributed by atoms with Crippen molar-refractivity contribution in [1.29, 1.82) is 0 Å². The number of nitrogens with zero attached hydrogens (tertiary/aromatic N) is 17. The standard InChI is InChI=1S/2C23H16FN3O.2C22H17FN4O.C20H15ClFN3O/c24-21-11-16(15-3-5-18-12-25-9-7-17(18)10-15)4-6-19(21)13-27-14-22-20(23(27)28)2-1-8-26-22;24-20-12-15(17-9-11-26-21-6-2-1-4-18(17)21)7-8-16(20)13-27-14-22-19(23(27)28)5-3-10-25-22;1-26-12-18-15(6-3-9-19(18)25-26)16-7-2-5-14(21(16)23)11-27-13-20-17(22(27)28)8-4-10-24-20;1-26-11-17-10-15(5-7-20(17)25-26)14-4-6-19(23)16(9-14)12-27-13-21-18(22(27)28)3-2-8-24-21;1-12-7-15(9-24-19(12)21)13-4-5-14(17(22)8-13)10-25-11-18-16(20(25)26)3-2-6-23-18/h2*1-12H,13-14H2;2-10,12H,11,13H2,1H3;2-11H,12-13H2,1H3;2-9H,10-11H2,1H3. The van der Waals surface area contributed by atoms with Crippen molar-refractivity contribution in [3.05, 3.63) is 441 Å². The molecule has 0 fully saturated rings. The molecule has 0 spiro atoms. The van der Waals surface area contributed by atoms with Crippen LogP contribution in [0.1, 0.15) is 114 Å². The predicted octanol–water partition coefficient (Wildman–Crippen LogP) is 21.4. The molecule has 22 nitrogen and oxygen atoms in total.